The number of nitrogens with zero attached hydrogens (tertiary/aromatic N) is 1. The molecule has 1 aromatic carbocycles. The van der Waals surface area contributed by atoms with Crippen LogP contribution in [0.15, 0.2) is 28.7 Å². The summed E-state index contributed by atoms with van der Waals surface area (Å²) in [6, 6.07) is 7.73. The van der Waals surface area contributed by atoms with Gasteiger partial charge in [0.05, 0.1) is 0 Å². The number of furan rings is 1. The highest BCUT2D eigenvalue weighted by Gasteiger charge is 2.19. The van der Waals surface area contributed by atoms with Crippen molar-refractivity contribution in [2.75, 3.05) is 20.6 Å². The number of carboxylic acids is 1. The number of aromatic carboxylic acids is 1. The van der Waals surface area contributed by atoms with E-state index in [1.54, 1.807) is 6.07 Å². The van der Waals surface area contributed by atoms with E-state index in [4.69, 9.17) is 4.42 Å². The van der Waals surface area contributed by atoms with Crippen molar-refractivity contribution in [2.45, 2.75) is 25.9 Å². The van der Waals surface area contributed by atoms with E-state index in [0.717, 1.165) is 23.9 Å². The second-order valence-electron chi connectivity index (χ2n) is 5.58. The van der Waals surface area contributed by atoms with Crippen LogP contribution < -0.4 is 5.32 Å². The number of carboxylic acid groups (broad SMARTS) is 1. The molecule has 1 unspecified atom stereocenters. The fourth-order valence-electron chi connectivity index (χ4n) is 2.28. The number of hydrogen-bond donors (Lipinski definition) is 2. The quantitative estimate of drug-likeness (QED) is 0.820. The highest BCUT2D eigenvalue weighted by molar-refractivity contribution is 5.95. The Morgan fingerprint density at radius 2 is 2.10 bits per heavy atom. The number of nitrogens with one attached hydrogen (secondary N) is 1. The molecule has 5 heteroatoms. The van der Waals surface area contributed by atoms with E-state index in [1.165, 1.54) is 0 Å². The predicted octanol–water partition coefficient (Wildman–Crippen LogP) is 2.56. The van der Waals surface area contributed by atoms with Gasteiger partial charge in [-0.2, -0.15) is 0 Å². The van der Waals surface area contributed by atoms with Crippen LogP contribution in [0, 0.1) is 0 Å². The zero-order chi connectivity index (χ0) is 15.4. The Balaban J connectivity index is 2.13. The lowest BCUT2D eigenvalue weighted by Gasteiger charge is -2.16. The molecule has 2 rings (SSSR count). The zero-order valence-electron chi connectivity index (χ0n) is 12.7. The first-order valence-electron chi connectivity index (χ1n) is 7.11. The molecule has 1 aromatic heterocycles. The van der Waals surface area contributed by atoms with Crippen molar-refractivity contribution in [3.63, 3.8) is 0 Å². The van der Waals surface area contributed by atoms with Gasteiger partial charge in [0, 0.05) is 23.5 Å². The van der Waals surface area contributed by atoms with Crippen molar-refractivity contribution in [3.05, 3.63) is 35.6 Å². The summed E-state index contributed by atoms with van der Waals surface area (Å²) in [5, 5.41) is 13.5. The van der Waals surface area contributed by atoms with Gasteiger partial charge in [-0.05, 0) is 40.1 Å². The summed E-state index contributed by atoms with van der Waals surface area (Å²) in [5.74, 6) is -0.993. The van der Waals surface area contributed by atoms with E-state index in [-0.39, 0.29) is 5.76 Å². The largest absolute Gasteiger partial charge is 0.475 e. The fraction of sp³-hybridized carbons (Fsp3) is 0.438. The lowest BCUT2D eigenvalue weighted by Crippen LogP contribution is -2.29. The minimum atomic E-state index is -1.02. The van der Waals surface area contributed by atoms with Crippen molar-refractivity contribution in [2.24, 2.45) is 0 Å². The number of rotatable bonds is 7. The minimum Gasteiger partial charge on any atom is -0.475 e. The molecular weight excluding hydrogens is 268 g/mol. The Hall–Kier alpha value is -1.85. The lowest BCUT2D eigenvalue weighted by atomic mass is 10.1. The molecule has 0 aliphatic heterocycles. The third kappa shape index (κ3) is 3.83. The maximum Gasteiger partial charge on any atom is 0.372 e. The van der Waals surface area contributed by atoms with E-state index in [9.17, 15) is 9.90 Å². The Morgan fingerprint density at radius 1 is 1.38 bits per heavy atom. The van der Waals surface area contributed by atoms with Gasteiger partial charge in [-0.25, -0.2) is 4.79 Å². The van der Waals surface area contributed by atoms with Crippen LogP contribution in [-0.4, -0.2) is 42.7 Å². The summed E-state index contributed by atoms with van der Waals surface area (Å²) in [6.45, 7) is 3.59. The van der Waals surface area contributed by atoms with Crippen LogP contribution >= 0.6 is 0 Å². The smallest absolute Gasteiger partial charge is 0.372 e. The van der Waals surface area contributed by atoms with Gasteiger partial charge in [-0.15, -0.1) is 0 Å². The molecule has 0 aliphatic carbocycles. The van der Waals surface area contributed by atoms with E-state index in [1.807, 2.05) is 32.3 Å². The molecule has 1 atom stereocenters. The first kappa shape index (κ1) is 15.5. The molecule has 1 heterocycles. The van der Waals surface area contributed by atoms with Gasteiger partial charge in [-0.3, -0.25) is 0 Å². The zero-order valence-corrected chi connectivity index (χ0v) is 12.7. The van der Waals surface area contributed by atoms with Gasteiger partial charge in [0.25, 0.3) is 0 Å². The molecule has 2 aromatic rings. The monoisotopic (exact) mass is 290 g/mol. The molecule has 21 heavy (non-hydrogen) atoms. The Labute approximate surface area is 124 Å². The average Bonchev–Trinajstić information content (AvgIpc) is 2.82. The third-order valence-electron chi connectivity index (χ3n) is 3.53. The van der Waals surface area contributed by atoms with E-state index >= 15 is 0 Å². The molecule has 0 fully saturated rings. The summed E-state index contributed by atoms with van der Waals surface area (Å²) < 4.78 is 5.44. The van der Waals surface area contributed by atoms with Crippen molar-refractivity contribution in [3.8, 4) is 0 Å². The van der Waals surface area contributed by atoms with Crippen LogP contribution in [0.2, 0.25) is 0 Å². The van der Waals surface area contributed by atoms with Crippen LogP contribution in [0.3, 0.4) is 0 Å². The molecule has 0 aliphatic rings. The summed E-state index contributed by atoms with van der Waals surface area (Å²) in [4.78, 5) is 13.5. The second kappa shape index (κ2) is 6.74. The molecule has 0 spiro atoms. The van der Waals surface area contributed by atoms with Gasteiger partial charge in [0.15, 0.2) is 0 Å². The van der Waals surface area contributed by atoms with Crippen molar-refractivity contribution >= 4 is 16.9 Å². The third-order valence-corrected chi connectivity index (χ3v) is 3.53. The van der Waals surface area contributed by atoms with E-state index in [0.29, 0.717) is 18.2 Å². The van der Waals surface area contributed by atoms with Crippen LogP contribution in [0.25, 0.3) is 11.0 Å². The number of carbonyl (C=O) groups is 1. The average molecular weight is 290 g/mol. The fourth-order valence-corrected chi connectivity index (χ4v) is 2.28. The Bertz CT molecular complexity index is 619. The number of para-hydroxylation sites is 1. The highest BCUT2D eigenvalue weighted by atomic mass is 16.4. The number of fused-ring (bicyclic) bond motifs is 1. The van der Waals surface area contributed by atoms with Crippen molar-refractivity contribution in [1.82, 2.24) is 10.2 Å². The molecule has 0 amide bonds. The maximum absolute atomic E-state index is 11.3. The molecule has 0 saturated carbocycles. The molecular formula is C16H22N2O3. The normalized spacial score (nSPS) is 13.0. The van der Waals surface area contributed by atoms with Gasteiger partial charge in [-0.1, -0.05) is 18.2 Å². The van der Waals surface area contributed by atoms with Gasteiger partial charge < -0.3 is 19.7 Å². The maximum atomic E-state index is 11.3. The minimum absolute atomic E-state index is 0.0310. The van der Waals surface area contributed by atoms with Crippen LogP contribution in [0.5, 0.6) is 0 Å². The Kier molecular flexibility index (Phi) is 4.98. The summed E-state index contributed by atoms with van der Waals surface area (Å²) in [7, 11) is 4.08. The van der Waals surface area contributed by atoms with Crippen LogP contribution in [0.1, 0.15) is 29.5 Å². The predicted molar refractivity (Wildman–Crippen MR) is 82.6 cm³/mol. The highest BCUT2D eigenvalue weighted by Crippen LogP contribution is 2.25. The van der Waals surface area contributed by atoms with Crippen molar-refractivity contribution in [1.29, 1.82) is 0 Å². The first-order valence-corrected chi connectivity index (χ1v) is 7.11. The molecule has 5 nitrogen and oxygen atoms in total. The lowest BCUT2D eigenvalue weighted by molar-refractivity contribution is 0.0663. The molecule has 0 bridgehead atoms. The van der Waals surface area contributed by atoms with Gasteiger partial charge >= 0.3 is 5.97 Å². The molecule has 114 valence electrons. The van der Waals surface area contributed by atoms with E-state index < -0.39 is 5.97 Å². The van der Waals surface area contributed by atoms with Gasteiger partial charge in [0.1, 0.15) is 5.58 Å². The summed E-state index contributed by atoms with van der Waals surface area (Å²) >= 11 is 0. The van der Waals surface area contributed by atoms with Gasteiger partial charge in [0.2, 0.25) is 5.76 Å². The first-order chi connectivity index (χ1) is 9.99. The SMILES string of the molecule is CC(CCN(C)C)NCc1c(C(=O)O)oc2ccccc12. The van der Waals surface area contributed by atoms with E-state index in [2.05, 4.69) is 17.1 Å². The summed E-state index contributed by atoms with van der Waals surface area (Å²) in [5.41, 5.74) is 1.34. The van der Waals surface area contributed by atoms with Crippen LogP contribution in [0.4, 0.5) is 0 Å². The number of benzene rings is 1. The Morgan fingerprint density at radius 3 is 2.76 bits per heavy atom. The standard InChI is InChI=1S/C16H22N2O3/c1-11(8-9-18(2)3)17-10-13-12-6-4-5-7-14(12)21-15(13)16(19)20/h4-7,11,17H,8-10H2,1-3H3,(H,19,20). The van der Waals surface area contributed by atoms with Crippen molar-refractivity contribution < 1.29 is 14.3 Å². The molecule has 0 saturated heterocycles. The topological polar surface area (TPSA) is 65.7 Å². The van der Waals surface area contributed by atoms with Crippen LogP contribution in [-0.2, 0) is 6.54 Å². The summed E-state index contributed by atoms with van der Waals surface area (Å²) in [6.07, 6.45) is 1.01. The second-order valence-corrected chi connectivity index (χ2v) is 5.58. The molecule has 0 radical (unpaired) electrons. The number of hydrogen-bond acceptors (Lipinski definition) is 4. The molecule has 2 N–H and O–H groups in total.